The van der Waals surface area contributed by atoms with Crippen molar-refractivity contribution in [1.82, 2.24) is 0 Å². The van der Waals surface area contributed by atoms with Crippen LogP contribution in [0.4, 0.5) is 0 Å². The number of benzene rings is 2. The van der Waals surface area contributed by atoms with Gasteiger partial charge in [-0.05, 0) is 37.1 Å². The van der Waals surface area contributed by atoms with Gasteiger partial charge in [-0.15, -0.1) is 0 Å². The van der Waals surface area contributed by atoms with Gasteiger partial charge in [0.25, 0.3) is 0 Å². The highest BCUT2D eigenvalue weighted by atomic mass is 16.6. The molecule has 2 aromatic rings. The zero-order valence-corrected chi connectivity index (χ0v) is 11.1. The molecular weight excluding hydrogens is 224 g/mol. The molecule has 0 saturated heterocycles. The highest BCUT2D eigenvalue weighted by molar-refractivity contribution is 5.89. The van der Waals surface area contributed by atoms with E-state index in [1.807, 2.05) is 63.2 Å². The first kappa shape index (κ1) is 12.6. The molecule has 0 saturated carbocycles. The van der Waals surface area contributed by atoms with Crippen LogP contribution in [0.15, 0.2) is 42.5 Å². The van der Waals surface area contributed by atoms with Crippen molar-refractivity contribution >= 4 is 16.7 Å². The van der Waals surface area contributed by atoms with Gasteiger partial charge in [-0.3, -0.25) is 4.79 Å². The third-order valence-corrected chi connectivity index (χ3v) is 2.63. The molecule has 18 heavy (non-hydrogen) atoms. The highest BCUT2D eigenvalue weighted by Crippen LogP contribution is 2.20. The molecule has 0 unspecified atom stereocenters. The zero-order chi connectivity index (χ0) is 13.2. The topological polar surface area (TPSA) is 26.3 Å². The molecule has 0 aromatic heterocycles. The molecule has 0 aliphatic carbocycles. The molecule has 2 heteroatoms. The molecule has 94 valence electrons. The van der Waals surface area contributed by atoms with Gasteiger partial charge in [-0.25, -0.2) is 0 Å². The summed E-state index contributed by atoms with van der Waals surface area (Å²) < 4.78 is 5.35. The van der Waals surface area contributed by atoms with E-state index in [1.54, 1.807) is 0 Å². The Bertz CT molecular complexity index is 559. The minimum Gasteiger partial charge on any atom is -0.460 e. The molecule has 0 spiro atoms. The van der Waals surface area contributed by atoms with Crippen LogP contribution in [0.25, 0.3) is 10.8 Å². The number of hydrogen-bond donors (Lipinski definition) is 0. The number of fused-ring (bicyclic) bond motifs is 1. The molecule has 0 bridgehead atoms. The Morgan fingerprint density at radius 2 is 1.72 bits per heavy atom. The van der Waals surface area contributed by atoms with E-state index in [0.29, 0.717) is 6.42 Å². The maximum Gasteiger partial charge on any atom is 0.310 e. The van der Waals surface area contributed by atoms with Crippen molar-refractivity contribution in [3.05, 3.63) is 48.0 Å². The molecule has 2 aromatic carbocycles. The van der Waals surface area contributed by atoms with Gasteiger partial charge in [0, 0.05) is 0 Å². The lowest BCUT2D eigenvalue weighted by Gasteiger charge is -2.19. The van der Waals surface area contributed by atoms with E-state index in [1.165, 1.54) is 0 Å². The van der Waals surface area contributed by atoms with Crippen LogP contribution >= 0.6 is 0 Å². The molecule has 0 heterocycles. The monoisotopic (exact) mass is 242 g/mol. The second-order valence-corrected chi connectivity index (χ2v) is 5.40. The summed E-state index contributed by atoms with van der Waals surface area (Å²) in [5.41, 5.74) is 0.587. The lowest BCUT2D eigenvalue weighted by molar-refractivity contribution is -0.153. The minimum atomic E-state index is -0.429. The smallest absolute Gasteiger partial charge is 0.310 e. The Morgan fingerprint density at radius 1 is 1.06 bits per heavy atom. The van der Waals surface area contributed by atoms with Gasteiger partial charge in [0.1, 0.15) is 5.60 Å². The summed E-state index contributed by atoms with van der Waals surface area (Å²) in [6.45, 7) is 5.65. The summed E-state index contributed by atoms with van der Waals surface area (Å²) in [4.78, 5) is 11.8. The van der Waals surface area contributed by atoms with E-state index in [9.17, 15) is 4.79 Å². The molecule has 0 aliphatic rings. The Morgan fingerprint density at radius 3 is 2.44 bits per heavy atom. The normalized spacial score (nSPS) is 11.5. The van der Waals surface area contributed by atoms with Crippen LogP contribution in [0.5, 0.6) is 0 Å². The first-order chi connectivity index (χ1) is 8.46. The van der Waals surface area contributed by atoms with Gasteiger partial charge in [0.05, 0.1) is 6.42 Å². The van der Waals surface area contributed by atoms with Crippen molar-refractivity contribution in [3.8, 4) is 0 Å². The summed E-state index contributed by atoms with van der Waals surface area (Å²) >= 11 is 0. The van der Waals surface area contributed by atoms with Crippen LogP contribution in [-0.4, -0.2) is 11.6 Å². The molecule has 0 N–H and O–H groups in total. The largest absolute Gasteiger partial charge is 0.460 e. The lowest BCUT2D eigenvalue weighted by Crippen LogP contribution is -2.24. The third kappa shape index (κ3) is 3.10. The number of ether oxygens (including phenoxy) is 1. The van der Waals surface area contributed by atoms with Crippen molar-refractivity contribution in [2.75, 3.05) is 0 Å². The van der Waals surface area contributed by atoms with Crippen molar-refractivity contribution in [1.29, 1.82) is 0 Å². The average Bonchev–Trinajstić information content (AvgIpc) is 2.27. The maximum absolute atomic E-state index is 11.8. The maximum atomic E-state index is 11.8. The molecule has 2 nitrogen and oxygen atoms in total. The van der Waals surface area contributed by atoms with Crippen molar-refractivity contribution in [2.45, 2.75) is 32.8 Å². The van der Waals surface area contributed by atoms with Crippen LogP contribution < -0.4 is 0 Å². The summed E-state index contributed by atoms with van der Waals surface area (Å²) in [6, 6.07) is 14.1. The summed E-state index contributed by atoms with van der Waals surface area (Å²) in [5, 5.41) is 2.27. The average molecular weight is 242 g/mol. The third-order valence-electron chi connectivity index (χ3n) is 2.63. The fourth-order valence-corrected chi connectivity index (χ4v) is 1.98. The number of hydrogen-bond acceptors (Lipinski definition) is 2. The van der Waals surface area contributed by atoms with Crippen molar-refractivity contribution < 1.29 is 9.53 Å². The van der Waals surface area contributed by atoms with E-state index in [4.69, 9.17) is 4.74 Å². The van der Waals surface area contributed by atoms with Crippen LogP contribution in [0.2, 0.25) is 0 Å². The summed E-state index contributed by atoms with van der Waals surface area (Å²) in [5.74, 6) is -0.182. The number of carbonyl (C=O) groups excluding carboxylic acids is 1. The van der Waals surface area contributed by atoms with E-state index in [0.717, 1.165) is 16.3 Å². The standard InChI is InChI=1S/C16H18O2/c1-16(2,3)18-15(17)11-13-9-6-8-12-7-4-5-10-14(12)13/h4-10H,11H2,1-3H3. The quantitative estimate of drug-likeness (QED) is 0.750. The second-order valence-electron chi connectivity index (χ2n) is 5.40. The van der Waals surface area contributed by atoms with E-state index >= 15 is 0 Å². The Hall–Kier alpha value is -1.83. The van der Waals surface area contributed by atoms with E-state index in [-0.39, 0.29) is 5.97 Å². The predicted molar refractivity (Wildman–Crippen MR) is 73.5 cm³/mol. The second kappa shape index (κ2) is 4.81. The van der Waals surface area contributed by atoms with Crippen LogP contribution in [-0.2, 0) is 16.0 Å². The fourth-order valence-electron chi connectivity index (χ4n) is 1.98. The molecular formula is C16H18O2. The van der Waals surface area contributed by atoms with Crippen molar-refractivity contribution in [3.63, 3.8) is 0 Å². The number of rotatable bonds is 2. The Balaban J connectivity index is 2.24. The van der Waals surface area contributed by atoms with E-state index < -0.39 is 5.60 Å². The first-order valence-corrected chi connectivity index (χ1v) is 6.14. The van der Waals surface area contributed by atoms with Crippen LogP contribution in [0, 0.1) is 0 Å². The molecule has 0 aliphatic heterocycles. The molecule has 0 radical (unpaired) electrons. The molecule has 2 rings (SSSR count). The number of carbonyl (C=O) groups is 1. The lowest BCUT2D eigenvalue weighted by atomic mass is 10.0. The first-order valence-electron chi connectivity index (χ1n) is 6.14. The fraction of sp³-hybridized carbons (Fsp3) is 0.312. The van der Waals surface area contributed by atoms with Gasteiger partial charge < -0.3 is 4.74 Å². The van der Waals surface area contributed by atoms with Gasteiger partial charge in [0.2, 0.25) is 0 Å². The van der Waals surface area contributed by atoms with Gasteiger partial charge >= 0.3 is 5.97 Å². The highest BCUT2D eigenvalue weighted by Gasteiger charge is 2.17. The molecule has 0 amide bonds. The minimum absolute atomic E-state index is 0.182. The Labute approximate surface area is 108 Å². The van der Waals surface area contributed by atoms with Crippen LogP contribution in [0.3, 0.4) is 0 Å². The number of esters is 1. The van der Waals surface area contributed by atoms with Crippen molar-refractivity contribution in [2.24, 2.45) is 0 Å². The van der Waals surface area contributed by atoms with Gasteiger partial charge in [-0.2, -0.15) is 0 Å². The summed E-state index contributed by atoms with van der Waals surface area (Å²) in [6.07, 6.45) is 0.318. The molecule has 0 fully saturated rings. The summed E-state index contributed by atoms with van der Waals surface area (Å²) in [7, 11) is 0. The van der Waals surface area contributed by atoms with Gasteiger partial charge in [0.15, 0.2) is 0 Å². The SMILES string of the molecule is CC(C)(C)OC(=O)Cc1cccc2ccccc12. The molecule has 0 atom stereocenters. The van der Waals surface area contributed by atoms with E-state index in [2.05, 4.69) is 0 Å². The predicted octanol–water partition coefficient (Wildman–Crippen LogP) is 3.72. The van der Waals surface area contributed by atoms with Gasteiger partial charge in [-0.1, -0.05) is 42.5 Å². The van der Waals surface area contributed by atoms with Crippen LogP contribution in [0.1, 0.15) is 26.3 Å². The Kier molecular flexibility index (Phi) is 3.37. The zero-order valence-electron chi connectivity index (χ0n) is 11.1.